The summed E-state index contributed by atoms with van der Waals surface area (Å²) in [6.45, 7) is 1.95. The molecule has 3 aromatic carbocycles. The normalized spacial score (nSPS) is 17.9. The number of benzene rings is 3. The smallest absolute Gasteiger partial charge is 0.407 e. The Kier molecular flexibility index (Phi) is 12.2. The molecule has 0 spiro atoms. The summed E-state index contributed by atoms with van der Waals surface area (Å²) in [6, 6.07) is 16.5. The number of ether oxygens (including phenoxy) is 5. The van der Waals surface area contributed by atoms with E-state index in [1.807, 2.05) is 42.5 Å². The third kappa shape index (κ3) is 8.79. The van der Waals surface area contributed by atoms with Crippen molar-refractivity contribution in [1.82, 2.24) is 16.0 Å². The number of alkyl carbamates (subject to hydrolysis) is 1. The van der Waals surface area contributed by atoms with Crippen LogP contribution in [0.25, 0.3) is 11.1 Å². The number of likely N-dealkylation sites (N-methyl/N-ethyl adjacent to an activating group) is 1. The molecule has 47 heavy (non-hydrogen) atoms. The van der Waals surface area contributed by atoms with Gasteiger partial charge in [-0.05, 0) is 48.0 Å². The minimum atomic E-state index is -1.04. The molecule has 3 atom stereocenters. The second-order valence-electron chi connectivity index (χ2n) is 11.1. The number of methoxy groups -OCH3 is 3. The predicted molar refractivity (Wildman–Crippen MR) is 173 cm³/mol. The summed E-state index contributed by atoms with van der Waals surface area (Å²) in [5.74, 6) is -0.799. The molecule has 0 saturated heterocycles. The van der Waals surface area contributed by atoms with Crippen LogP contribution in [0.2, 0.25) is 0 Å². The maximum atomic E-state index is 13.4. The molecule has 0 fully saturated rings. The Hall–Kier alpha value is -5.10. The van der Waals surface area contributed by atoms with Gasteiger partial charge in [-0.25, -0.2) is 9.59 Å². The van der Waals surface area contributed by atoms with Crippen LogP contribution in [-0.4, -0.2) is 71.3 Å². The number of hydrogen-bond acceptors (Lipinski definition) is 10. The lowest BCUT2D eigenvalue weighted by atomic mass is 9.90. The predicted octanol–water partition coefficient (Wildman–Crippen LogP) is 3.75. The molecular weight excluding hydrogens is 606 g/mol. The topological polar surface area (TPSA) is 151 Å². The number of hydrogen-bond donors (Lipinski definition) is 3. The summed E-state index contributed by atoms with van der Waals surface area (Å²) in [5.41, 5.74) is 3.34. The Morgan fingerprint density at radius 1 is 0.915 bits per heavy atom. The van der Waals surface area contributed by atoms with Crippen LogP contribution in [0.1, 0.15) is 36.1 Å². The summed E-state index contributed by atoms with van der Waals surface area (Å²) in [5, 5.41) is 8.49. The summed E-state index contributed by atoms with van der Waals surface area (Å²) in [6.07, 6.45) is -0.591. The van der Waals surface area contributed by atoms with Crippen molar-refractivity contribution in [3.8, 4) is 28.4 Å². The first kappa shape index (κ1) is 34.8. The van der Waals surface area contributed by atoms with E-state index < -0.39 is 36.0 Å². The maximum absolute atomic E-state index is 13.4. The quantitative estimate of drug-likeness (QED) is 0.219. The second kappa shape index (κ2) is 16.5. The standard InChI is InChI=1S/C35H41N3O9/c1-21-15-28(39)31(36-2)24-11-12-29(43-3)25(19-24)26-16-23(17-27(34(41)45-5)38-33(21)40)18-30(32(26)44-4)46-14-13-37-35(42)47-20-22-9-7-6-8-10-22/h6-12,16,18-19,21,27,31,36H,13-15,17,20H2,1-5H3,(H,37,42)(H,38,40)/t21-,27+,31+/m1/s1. The van der Waals surface area contributed by atoms with E-state index in [0.29, 0.717) is 39.5 Å². The molecule has 0 saturated carbocycles. The van der Waals surface area contributed by atoms with Crippen LogP contribution in [0.5, 0.6) is 17.2 Å². The Morgan fingerprint density at radius 3 is 2.36 bits per heavy atom. The molecule has 12 nitrogen and oxygen atoms in total. The van der Waals surface area contributed by atoms with Crippen LogP contribution in [0, 0.1) is 5.92 Å². The fourth-order valence-corrected chi connectivity index (χ4v) is 5.41. The van der Waals surface area contributed by atoms with E-state index in [9.17, 15) is 19.2 Å². The van der Waals surface area contributed by atoms with Crippen molar-refractivity contribution in [2.75, 3.05) is 41.5 Å². The van der Waals surface area contributed by atoms with Gasteiger partial charge in [0.25, 0.3) is 0 Å². The molecule has 0 unspecified atom stereocenters. The minimum Gasteiger partial charge on any atom is -0.496 e. The molecule has 1 heterocycles. The first-order valence-electron chi connectivity index (χ1n) is 15.2. The number of esters is 1. The Balaban J connectivity index is 1.71. The molecule has 4 bridgehead atoms. The molecule has 3 N–H and O–H groups in total. The number of amides is 2. The van der Waals surface area contributed by atoms with Crippen molar-refractivity contribution in [2.24, 2.45) is 5.92 Å². The SMILES string of the molecule is CN[C@@H]1C(=O)C[C@@H](C)C(=O)N[C@H](C(=O)OC)Cc2cc(OCCNC(=O)OCc3ccccc3)c(OC)c(c2)-c2cc1ccc2OC. The van der Waals surface area contributed by atoms with Gasteiger partial charge < -0.3 is 39.6 Å². The zero-order valence-electron chi connectivity index (χ0n) is 27.2. The monoisotopic (exact) mass is 647 g/mol. The molecule has 0 radical (unpaired) electrons. The van der Waals surface area contributed by atoms with Gasteiger partial charge >= 0.3 is 12.1 Å². The van der Waals surface area contributed by atoms with E-state index in [2.05, 4.69) is 16.0 Å². The van der Waals surface area contributed by atoms with Gasteiger partial charge in [0.2, 0.25) is 5.91 Å². The molecule has 1 aliphatic rings. The van der Waals surface area contributed by atoms with Crippen LogP contribution in [0.15, 0.2) is 60.7 Å². The van der Waals surface area contributed by atoms with Crippen molar-refractivity contribution in [1.29, 1.82) is 0 Å². The average molecular weight is 648 g/mol. The van der Waals surface area contributed by atoms with Gasteiger partial charge in [0.05, 0.1) is 33.9 Å². The molecule has 0 aliphatic carbocycles. The van der Waals surface area contributed by atoms with E-state index in [4.69, 9.17) is 23.7 Å². The van der Waals surface area contributed by atoms with Gasteiger partial charge in [-0.15, -0.1) is 0 Å². The third-order valence-electron chi connectivity index (χ3n) is 7.82. The highest BCUT2D eigenvalue weighted by molar-refractivity contribution is 5.92. The van der Waals surface area contributed by atoms with Gasteiger partial charge in [-0.2, -0.15) is 0 Å². The average Bonchev–Trinajstić information content (AvgIpc) is 3.08. The van der Waals surface area contributed by atoms with E-state index in [0.717, 1.165) is 5.56 Å². The Morgan fingerprint density at radius 2 is 1.68 bits per heavy atom. The number of Topliss-reactive ketones (excluding diaryl/α,β-unsaturated/α-hetero) is 1. The fourth-order valence-electron chi connectivity index (χ4n) is 5.41. The fraction of sp³-hybridized carbons (Fsp3) is 0.371. The number of ketones is 1. The van der Waals surface area contributed by atoms with Crippen LogP contribution < -0.4 is 30.2 Å². The maximum Gasteiger partial charge on any atom is 0.407 e. The number of carbonyl (C=O) groups is 4. The minimum absolute atomic E-state index is 0.0486. The van der Waals surface area contributed by atoms with Crippen LogP contribution in [-0.2, 0) is 36.9 Å². The molecular formula is C35H41N3O9. The van der Waals surface area contributed by atoms with Crippen molar-refractivity contribution >= 4 is 23.8 Å². The molecule has 1 aliphatic heterocycles. The Bertz CT molecular complexity index is 1580. The summed E-state index contributed by atoms with van der Waals surface area (Å²) >= 11 is 0. The van der Waals surface area contributed by atoms with Crippen molar-refractivity contribution in [2.45, 2.75) is 38.5 Å². The van der Waals surface area contributed by atoms with Gasteiger partial charge in [-0.3, -0.25) is 9.59 Å². The lowest BCUT2D eigenvalue weighted by Crippen LogP contribution is -2.45. The van der Waals surface area contributed by atoms with Gasteiger partial charge in [0.1, 0.15) is 25.0 Å². The molecule has 4 rings (SSSR count). The van der Waals surface area contributed by atoms with Gasteiger partial charge in [-0.1, -0.05) is 43.3 Å². The van der Waals surface area contributed by atoms with E-state index in [1.54, 1.807) is 39.3 Å². The largest absolute Gasteiger partial charge is 0.496 e. The first-order valence-corrected chi connectivity index (χ1v) is 15.2. The highest BCUT2D eigenvalue weighted by Crippen LogP contribution is 2.44. The number of carbonyl (C=O) groups excluding carboxylic acids is 4. The highest BCUT2D eigenvalue weighted by Gasteiger charge is 2.30. The number of fused-ring (bicyclic) bond motifs is 5. The first-order chi connectivity index (χ1) is 22.7. The van der Waals surface area contributed by atoms with Crippen LogP contribution >= 0.6 is 0 Å². The lowest BCUT2D eigenvalue weighted by Gasteiger charge is -2.24. The Labute approximate surface area is 274 Å². The van der Waals surface area contributed by atoms with E-state index in [1.165, 1.54) is 14.2 Å². The second-order valence-corrected chi connectivity index (χ2v) is 11.1. The number of nitrogens with one attached hydrogen (secondary N) is 3. The molecule has 0 aromatic heterocycles. The lowest BCUT2D eigenvalue weighted by molar-refractivity contribution is -0.145. The van der Waals surface area contributed by atoms with Crippen molar-refractivity contribution in [3.05, 3.63) is 77.4 Å². The third-order valence-corrected chi connectivity index (χ3v) is 7.82. The summed E-state index contributed by atoms with van der Waals surface area (Å²) in [7, 11) is 5.95. The molecule has 2 amide bonds. The highest BCUT2D eigenvalue weighted by atomic mass is 16.6. The van der Waals surface area contributed by atoms with E-state index >= 15 is 0 Å². The molecule has 12 heteroatoms. The summed E-state index contributed by atoms with van der Waals surface area (Å²) < 4.78 is 28.0. The van der Waals surface area contributed by atoms with Gasteiger partial charge in [0.15, 0.2) is 17.3 Å². The van der Waals surface area contributed by atoms with Crippen LogP contribution in [0.4, 0.5) is 4.79 Å². The molecule has 250 valence electrons. The van der Waals surface area contributed by atoms with E-state index in [-0.39, 0.29) is 38.4 Å². The van der Waals surface area contributed by atoms with Crippen molar-refractivity contribution < 1.29 is 42.9 Å². The zero-order chi connectivity index (χ0) is 33.9. The van der Waals surface area contributed by atoms with Crippen molar-refractivity contribution in [3.63, 3.8) is 0 Å². The zero-order valence-corrected chi connectivity index (χ0v) is 27.2. The summed E-state index contributed by atoms with van der Waals surface area (Å²) in [4.78, 5) is 51.7. The van der Waals surface area contributed by atoms with Crippen LogP contribution in [0.3, 0.4) is 0 Å². The molecule has 3 aromatic rings. The van der Waals surface area contributed by atoms with Gasteiger partial charge in [0, 0.05) is 29.9 Å². The number of rotatable bonds is 10.